The highest BCUT2D eigenvalue weighted by Crippen LogP contribution is 2.19. The Bertz CT molecular complexity index is 567. The van der Waals surface area contributed by atoms with Crippen molar-refractivity contribution >= 4 is 0 Å². The van der Waals surface area contributed by atoms with Crippen LogP contribution in [-0.2, 0) is 13.0 Å². The molecule has 0 aliphatic carbocycles. The van der Waals surface area contributed by atoms with E-state index in [0.29, 0.717) is 12.2 Å². The molecule has 0 bridgehead atoms. The topological polar surface area (TPSA) is 35.2 Å². The normalized spacial score (nSPS) is 12.2. The van der Waals surface area contributed by atoms with E-state index in [0.717, 1.165) is 11.1 Å². The smallest absolute Gasteiger partial charge is 0.127 e. The molecule has 4 heteroatoms. The number of nitrogens with two attached hydrogens (primary N) is 1. The number of halogens is 2. The average molecular weight is 277 g/mol. The van der Waals surface area contributed by atoms with E-state index in [4.69, 9.17) is 10.5 Å². The molecule has 1 unspecified atom stereocenters. The molecule has 2 aromatic rings. The maximum atomic E-state index is 13.5. The summed E-state index contributed by atoms with van der Waals surface area (Å²) in [5, 5.41) is 0. The summed E-state index contributed by atoms with van der Waals surface area (Å²) in [6.07, 6.45) is 0.588. The van der Waals surface area contributed by atoms with Gasteiger partial charge in [-0.2, -0.15) is 0 Å². The second-order valence-corrected chi connectivity index (χ2v) is 4.89. The van der Waals surface area contributed by atoms with E-state index in [-0.39, 0.29) is 24.3 Å². The highest BCUT2D eigenvalue weighted by molar-refractivity contribution is 5.30. The minimum absolute atomic E-state index is 0.0400. The fourth-order valence-electron chi connectivity index (χ4n) is 1.94. The van der Waals surface area contributed by atoms with Crippen molar-refractivity contribution in [2.75, 3.05) is 0 Å². The molecule has 0 aromatic heterocycles. The van der Waals surface area contributed by atoms with Crippen molar-refractivity contribution in [3.63, 3.8) is 0 Å². The van der Waals surface area contributed by atoms with Gasteiger partial charge in [0.2, 0.25) is 0 Å². The lowest BCUT2D eigenvalue weighted by Gasteiger charge is -2.10. The lowest BCUT2D eigenvalue weighted by atomic mass is 10.1. The molecular weight excluding hydrogens is 260 g/mol. The lowest BCUT2D eigenvalue weighted by molar-refractivity contribution is 0.304. The summed E-state index contributed by atoms with van der Waals surface area (Å²) in [7, 11) is 0. The molecule has 106 valence electrons. The molecule has 2 nitrogen and oxygen atoms in total. The largest absolute Gasteiger partial charge is 0.489 e. The van der Waals surface area contributed by atoms with E-state index in [1.165, 1.54) is 24.3 Å². The van der Waals surface area contributed by atoms with Crippen LogP contribution in [0.5, 0.6) is 5.75 Å². The predicted molar refractivity (Wildman–Crippen MR) is 74.5 cm³/mol. The van der Waals surface area contributed by atoms with Crippen LogP contribution in [0.2, 0.25) is 0 Å². The molecule has 2 aromatic carbocycles. The number of rotatable bonds is 5. The Morgan fingerprint density at radius 3 is 2.35 bits per heavy atom. The molecule has 0 saturated heterocycles. The van der Waals surface area contributed by atoms with Gasteiger partial charge >= 0.3 is 0 Å². The molecule has 0 saturated carbocycles. The molecule has 20 heavy (non-hydrogen) atoms. The van der Waals surface area contributed by atoms with E-state index < -0.39 is 0 Å². The van der Waals surface area contributed by atoms with Gasteiger partial charge in [0.25, 0.3) is 0 Å². The lowest BCUT2D eigenvalue weighted by Crippen LogP contribution is -2.17. The maximum absolute atomic E-state index is 13.5. The van der Waals surface area contributed by atoms with Gasteiger partial charge in [-0.05, 0) is 48.7 Å². The Morgan fingerprint density at radius 2 is 1.70 bits per heavy atom. The van der Waals surface area contributed by atoms with Crippen molar-refractivity contribution in [1.29, 1.82) is 0 Å². The fraction of sp³-hybridized carbons (Fsp3) is 0.250. The standard InChI is InChI=1S/C16H17F2NO/c1-11(19)6-13-7-15(18)9-16(8-13)20-10-12-2-4-14(17)5-3-12/h2-5,7-9,11H,6,10,19H2,1H3. The van der Waals surface area contributed by atoms with Crippen molar-refractivity contribution in [2.24, 2.45) is 5.73 Å². The first-order valence-corrected chi connectivity index (χ1v) is 6.45. The summed E-state index contributed by atoms with van der Waals surface area (Å²) in [6.45, 7) is 2.13. The third kappa shape index (κ3) is 4.31. The van der Waals surface area contributed by atoms with Gasteiger partial charge in [-0.25, -0.2) is 8.78 Å². The molecule has 1 atom stereocenters. The molecule has 0 aliphatic heterocycles. The van der Waals surface area contributed by atoms with E-state index in [1.807, 2.05) is 6.92 Å². The summed E-state index contributed by atoms with van der Waals surface area (Å²) >= 11 is 0. The third-order valence-corrected chi connectivity index (χ3v) is 2.81. The number of benzene rings is 2. The average Bonchev–Trinajstić information content (AvgIpc) is 2.36. The van der Waals surface area contributed by atoms with Crippen molar-refractivity contribution < 1.29 is 13.5 Å². The number of hydrogen-bond donors (Lipinski definition) is 1. The molecule has 0 amide bonds. The van der Waals surface area contributed by atoms with Crippen LogP contribution in [0.3, 0.4) is 0 Å². The zero-order chi connectivity index (χ0) is 14.5. The first kappa shape index (κ1) is 14.5. The predicted octanol–water partition coefficient (Wildman–Crippen LogP) is 3.43. The van der Waals surface area contributed by atoms with Gasteiger partial charge < -0.3 is 10.5 Å². The van der Waals surface area contributed by atoms with Gasteiger partial charge in [0.05, 0.1) is 0 Å². The highest BCUT2D eigenvalue weighted by atomic mass is 19.1. The molecule has 0 fully saturated rings. The summed E-state index contributed by atoms with van der Waals surface area (Å²) < 4.78 is 31.8. The monoisotopic (exact) mass is 277 g/mol. The van der Waals surface area contributed by atoms with Crippen LogP contribution in [0.4, 0.5) is 8.78 Å². The van der Waals surface area contributed by atoms with Gasteiger partial charge in [-0.3, -0.25) is 0 Å². The quantitative estimate of drug-likeness (QED) is 0.908. The molecular formula is C16H17F2NO. The molecule has 2 rings (SSSR count). The van der Waals surface area contributed by atoms with E-state index in [9.17, 15) is 8.78 Å². The van der Waals surface area contributed by atoms with Crippen molar-refractivity contribution in [1.82, 2.24) is 0 Å². The Hall–Kier alpha value is -1.94. The Kier molecular flexibility index (Phi) is 4.69. The Labute approximate surface area is 117 Å². The van der Waals surface area contributed by atoms with Gasteiger partial charge in [-0.1, -0.05) is 12.1 Å². The van der Waals surface area contributed by atoms with E-state index in [2.05, 4.69) is 0 Å². The summed E-state index contributed by atoms with van der Waals surface area (Å²) in [4.78, 5) is 0. The van der Waals surface area contributed by atoms with Crippen LogP contribution >= 0.6 is 0 Å². The SMILES string of the molecule is CC(N)Cc1cc(F)cc(OCc2ccc(F)cc2)c1. The second-order valence-electron chi connectivity index (χ2n) is 4.89. The summed E-state index contributed by atoms with van der Waals surface area (Å²) in [5.41, 5.74) is 7.33. The zero-order valence-electron chi connectivity index (χ0n) is 11.3. The van der Waals surface area contributed by atoms with Crippen molar-refractivity contribution in [3.05, 3.63) is 65.2 Å². The summed E-state index contributed by atoms with van der Waals surface area (Å²) in [5.74, 6) is -0.194. The number of hydrogen-bond acceptors (Lipinski definition) is 2. The van der Waals surface area contributed by atoms with Crippen LogP contribution in [0.1, 0.15) is 18.1 Å². The van der Waals surface area contributed by atoms with Crippen molar-refractivity contribution in [2.45, 2.75) is 26.0 Å². The van der Waals surface area contributed by atoms with Crippen LogP contribution in [0, 0.1) is 11.6 Å². The third-order valence-electron chi connectivity index (χ3n) is 2.81. The zero-order valence-corrected chi connectivity index (χ0v) is 11.3. The van der Waals surface area contributed by atoms with Crippen LogP contribution < -0.4 is 10.5 Å². The summed E-state index contributed by atoms with van der Waals surface area (Å²) in [6, 6.07) is 10.5. The van der Waals surface area contributed by atoms with Crippen LogP contribution in [-0.4, -0.2) is 6.04 Å². The van der Waals surface area contributed by atoms with Crippen molar-refractivity contribution in [3.8, 4) is 5.75 Å². The minimum Gasteiger partial charge on any atom is -0.489 e. The first-order chi connectivity index (χ1) is 9.52. The van der Waals surface area contributed by atoms with Gasteiger partial charge in [-0.15, -0.1) is 0 Å². The molecule has 0 heterocycles. The van der Waals surface area contributed by atoms with Gasteiger partial charge in [0, 0.05) is 12.1 Å². The molecule has 2 N–H and O–H groups in total. The Balaban J connectivity index is 2.05. The van der Waals surface area contributed by atoms with Gasteiger partial charge in [0.15, 0.2) is 0 Å². The maximum Gasteiger partial charge on any atom is 0.127 e. The Morgan fingerprint density at radius 1 is 1.00 bits per heavy atom. The van der Waals surface area contributed by atoms with Crippen LogP contribution in [0.25, 0.3) is 0 Å². The van der Waals surface area contributed by atoms with Crippen LogP contribution in [0.15, 0.2) is 42.5 Å². The molecule has 0 radical (unpaired) electrons. The van der Waals surface area contributed by atoms with E-state index >= 15 is 0 Å². The van der Waals surface area contributed by atoms with Gasteiger partial charge in [0.1, 0.15) is 24.0 Å². The molecule has 0 spiro atoms. The highest BCUT2D eigenvalue weighted by Gasteiger charge is 2.05. The van der Waals surface area contributed by atoms with E-state index in [1.54, 1.807) is 18.2 Å². The minimum atomic E-state index is -0.350. The second kappa shape index (κ2) is 6.48. The molecule has 0 aliphatic rings. The first-order valence-electron chi connectivity index (χ1n) is 6.45. The fourth-order valence-corrected chi connectivity index (χ4v) is 1.94. The number of ether oxygens (including phenoxy) is 1.